The molecule has 1 atom stereocenters. The van der Waals surface area contributed by atoms with E-state index in [4.69, 9.17) is 14.3 Å². The smallest absolute Gasteiger partial charge is 0.354 e. The fraction of sp³-hybridized carbons (Fsp3) is 0.571. The van der Waals surface area contributed by atoms with E-state index in [-0.39, 0.29) is 30.4 Å². The topological polar surface area (TPSA) is 151 Å². The van der Waals surface area contributed by atoms with Crippen LogP contribution >= 0.6 is 0 Å². The van der Waals surface area contributed by atoms with Crippen LogP contribution in [0, 0.1) is 0 Å². The van der Waals surface area contributed by atoms with Crippen molar-refractivity contribution in [3.8, 4) is 0 Å². The van der Waals surface area contributed by atoms with Gasteiger partial charge in [-0.2, -0.15) is 5.10 Å². The van der Waals surface area contributed by atoms with Crippen LogP contribution in [-0.2, 0) is 40.3 Å². The Kier molecular flexibility index (Phi) is 6.47. The lowest BCUT2D eigenvalue weighted by Gasteiger charge is -2.26. The summed E-state index contributed by atoms with van der Waals surface area (Å²) in [7, 11) is -0.596. The van der Waals surface area contributed by atoms with Crippen molar-refractivity contribution in [2.45, 2.75) is 50.8 Å². The maximum Gasteiger partial charge on any atom is 0.354 e. The number of nitrogens with one attached hydrogen (secondary N) is 1. The number of aromatic nitrogens is 3. The van der Waals surface area contributed by atoms with Crippen molar-refractivity contribution < 1.29 is 32.3 Å². The monoisotopic (exact) mass is 493 g/mol. The molecule has 13 heteroatoms. The lowest BCUT2D eigenvalue weighted by molar-refractivity contribution is -0.173. The molecule has 0 aliphatic carbocycles. The van der Waals surface area contributed by atoms with E-state index in [2.05, 4.69) is 20.6 Å². The quantitative estimate of drug-likeness (QED) is 0.554. The Morgan fingerprint density at radius 2 is 1.97 bits per heavy atom. The Morgan fingerprint density at radius 1 is 1.24 bits per heavy atom. The number of nitrogens with zero attached hydrogens (tertiary/aromatic N) is 4. The fourth-order valence-corrected chi connectivity index (χ4v) is 5.75. The van der Waals surface area contributed by atoms with Crippen LogP contribution in [0.5, 0.6) is 0 Å². The summed E-state index contributed by atoms with van der Waals surface area (Å²) < 4.78 is 35.1. The van der Waals surface area contributed by atoms with Crippen LogP contribution in [0.15, 0.2) is 17.5 Å². The van der Waals surface area contributed by atoms with Crippen LogP contribution in [0.3, 0.4) is 0 Å². The lowest BCUT2D eigenvalue weighted by atomic mass is 9.90. The summed E-state index contributed by atoms with van der Waals surface area (Å²) in [6.45, 7) is 2.57. The number of sulfone groups is 1. The molecule has 0 spiro atoms. The average molecular weight is 494 g/mol. The average Bonchev–Trinajstić information content (AvgIpc) is 3.45. The van der Waals surface area contributed by atoms with Crippen LogP contribution in [-0.4, -0.2) is 78.2 Å². The number of fused-ring (bicyclic) bond motifs is 1. The minimum Gasteiger partial charge on any atom is -0.469 e. The molecule has 0 amide bonds. The van der Waals surface area contributed by atoms with Crippen LogP contribution in [0.1, 0.15) is 38.2 Å². The SMILES string of the molecule is CCn1ncc2c(NC3CCS(=O)(=O)CC3)c(C3=NOC(CC(=O)OC)(C(=O)OC)C3)cnc21. The molecule has 4 rings (SSSR count). The molecule has 0 aromatic carbocycles. The molecule has 12 nitrogen and oxygen atoms in total. The largest absolute Gasteiger partial charge is 0.469 e. The number of carbonyl (C=O) groups excluding carboxylic acids is 2. The van der Waals surface area contributed by atoms with Crippen molar-refractivity contribution >= 4 is 44.2 Å². The number of hydrogen-bond acceptors (Lipinski definition) is 11. The Bertz CT molecular complexity index is 1240. The minimum atomic E-state index is -3.03. The Balaban J connectivity index is 1.71. The fourth-order valence-electron chi connectivity index (χ4n) is 4.26. The highest BCUT2D eigenvalue weighted by molar-refractivity contribution is 7.91. The van der Waals surface area contributed by atoms with Gasteiger partial charge >= 0.3 is 11.9 Å². The van der Waals surface area contributed by atoms with Crippen LogP contribution in [0.25, 0.3) is 11.0 Å². The van der Waals surface area contributed by atoms with E-state index >= 15 is 0 Å². The minimum absolute atomic E-state index is 0.0302. The first kappa shape index (κ1) is 23.9. The third kappa shape index (κ3) is 4.43. The lowest BCUT2D eigenvalue weighted by Crippen LogP contribution is -2.42. The number of pyridine rings is 1. The van der Waals surface area contributed by atoms with Crippen molar-refractivity contribution in [3.05, 3.63) is 18.0 Å². The van der Waals surface area contributed by atoms with Crippen molar-refractivity contribution in [1.29, 1.82) is 0 Å². The number of carbonyl (C=O) groups is 2. The molecule has 0 radical (unpaired) electrons. The van der Waals surface area contributed by atoms with E-state index in [1.807, 2.05) is 6.92 Å². The second kappa shape index (κ2) is 9.20. The van der Waals surface area contributed by atoms with Gasteiger partial charge in [0, 0.05) is 30.8 Å². The summed E-state index contributed by atoms with van der Waals surface area (Å²) in [6, 6.07) is -0.0822. The van der Waals surface area contributed by atoms with E-state index in [1.165, 1.54) is 14.2 Å². The van der Waals surface area contributed by atoms with Gasteiger partial charge in [0.05, 0.1) is 55.1 Å². The van der Waals surface area contributed by atoms with Crippen LogP contribution < -0.4 is 5.32 Å². The van der Waals surface area contributed by atoms with Gasteiger partial charge in [0.1, 0.15) is 9.84 Å². The molecular weight excluding hydrogens is 466 g/mol. The number of hydrogen-bond donors (Lipinski definition) is 1. The molecule has 184 valence electrons. The maximum atomic E-state index is 12.6. The number of rotatable bonds is 7. The standard InChI is InChI=1S/C21H27N5O7S/c1-4-26-19-15(12-23-26)18(24-13-5-7-34(29,30)8-6-13)14(11-22-19)16-9-21(33-25-16,20(28)32-3)10-17(27)31-2/h11-13H,4-10H2,1-3H3,(H,22,24). The normalized spacial score (nSPS) is 22.1. The Labute approximate surface area is 196 Å². The summed E-state index contributed by atoms with van der Waals surface area (Å²) in [5.41, 5.74) is 0.669. The third-order valence-electron chi connectivity index (χ3n) is 6.18. The van der Waals surface area contributed by atoms with Crippen molar-refractivity contribution in [3.63, 3.8) is 0 Å². The first-order valence-corrected chi connectivity index (χ1v) is 12.8. The van der Waals surface area contributed by atoms with Crippen molar-refractivity contribution in [2.24, 2.45) is 5.16 Å². The molecule has 1 unspecified atom stereocenters. The zero-order chi connectivity index (χ0) is 24.5. The molecule has 1 N–H and O–H groups in total. The number of aryl methyl sites for hydroxylation is 1. The summed E-state index contributed by atoms with van der Waals surface area (Å²) in [5.74, 6) is -1.16. The second-order valence-corrected chi connectivity index (χ2v) is 10.7. The molecule has 1 saturated heterocycles. The van der Waals surface area contributed by atoms with Gasteiger partial charge < -0.3 is 19.6 Å². The van der Waals surface area contributed by atoms with Gasteiger partial charge in [-0.3, -0.25) is 4.79 Å². The van der Waals surface area contributed by atoms with Crippen molar-refractivity contribution in [2.75, 3.05) is 31.0 Å². The summed E-state index contributed by atoms with van der Waals surface area (Å²) in [6.07, 6.45) is 3.84. The predicted octanol–water partition coefficient (Wildman–Crippen LogP) is 1.04. The first-order valence-electron chi connectivity index (χ1n) is 10.9. The van der Waals surface area contributed by atoms with Gasteiger partial charge in [-0.25, -0.2) is 22.9 Å². The maximum absolute atomic E-state index is 12.6. The molecule has 34 heavy (non-hydrogen) atoms. The van der Waals surface area contributed by atoms with Crippen LogP contribution in [0.4, 0.5) is 5.69 Å². The molecule has 2 aromatic rings. The van der Waals surface area contributed by atoms with Crippen LogP contribution in [0.2, 0.25) is 0 Å². The van der Waals surface area contributed by atoms with Gasteiger partial charge in [-0.05, 0) is 19.8 Å². The predicted molar refractivity (Wildman–Crippen MR) is 122 cm³/mol. The molecule has 1 fully saturated rings. The summed E-state index contributed by atoms with van der Waals surface area (Å²) in [4.78, 5) is 34.6. The second-order valence-electron chi connectivity index (χ2n) is 8.36. The molecule has 2 aliphatic rings. The zero-order valence-corrected chi connectivity index (χ0v) is 20.1. The molecule has 2 aliphatic heterocycles. The highest BCUT2D eigenvalue weighted by Crippen LogP contribution is 2.36. The van der Waals surface area contributed by atoms with E-state index in [0.29, 0.717) is 42.0 Å². The van der Waals surface area contributed by atoms with Gasteiger partial charge in [0.15, 0.2) is 5.65 Å². The molecule has 4 heterocycles. The number of methoxy groups -OCH3 is 2. The van der Waals surface area contributed by atoms with E-state index in [9.17, 15) is 18.0 Å². The van der Waals surface area contributed by atoms with Gasteiger partial charge in [-0.15, -0.1) is 0 Å². The Morgan fingerprint density at radius 3 is 2.62 bits per heavy atom. The molecule has 0 bridgehead atoms. The molecular formula is C21H27N5O7S. The van der Waals surface area contributed by atoms with Gasteiger partial charge in [0.25, 0.3) is 0 Å². The third-order valence-corrected chi connectivity index (χ3v) is 7.89. The van der Waals surface area contributed by atoms with Gasteiger partial charge in [0.2, 0.25) is 5.60 Å². The number of ether oxygens (including phenoxy) is 2. The van der Waals surface area contributed by atoms with E-state index in [0.717, 1.165) is 5.39 Å². The number of anilines is 1. The van der Waals surface area contributed by atoms with E-state index < -0.39 is 27.4 Å². The first-order chi connectivity index (χ1) is 16.2. The highest BCUT2D eigenvalue weighted by atomic mass is 32.2. The van der Waals surface area contributed by atoms with Gasteiger partial charge in [-0.1, -0.05) is 5.16 Å². The van der Waals surface area contributed by atoms with E-state index in [1.54, 1.807) is 17.1 Å². The summed E-state index contributed by atoms with van der Waals surface area (Å²) in [5, 5.41) is 12.7. The molecule has 0 saturated carbocycles. The number of oxime groups is 1. The highest BCUT2D eigenvalue weighted by Gasteiger charge is 2.50. The zero-order valence-electron chi connectivity index (χ0n) is 19.2. The number of esters is 2. The molecule has 2 aromatic heterocycles. The summed E-state index contributed by atoms with van der Waals surface area (Å²) >= 11 is 0. The van der Waals surface area contributed by atoms with Crippen molar-refractivity contribution in [1.82, 2.24) is 14.8 Å². The Hall–Kier alpha value is -3.22.